The number of carbonyl (C=O) groups is 1. The molecule has 0 radical (unpaired) electrons. The molecule has 1 saturated heterocycles. The summed E-state index contributed by atoms with van der Waals surface area (Å²) in [7, 11) is 1.89. The van der Waals surface area contributed by atoms with Crippen LogP contribution < -0.4 is 4.90 Å². The van der Waals surface area contributed by atoms with Crippen LogP contribution in [0.5, 0.6) is 0 Å². The molecule has 6 nitrogen and oxygen atoms in total. The lowest BCUT2D eigenvalue weighted by Gasteiger charge is -2.29. The quantitative estimate of drug-likeness (QED) is 0.844. The van der Waals surface area contributed by atoms with Crippen molar-refractivity contribution in [1.29, 1.82) is 0 Å². The molecule has 1 aliphatic rings. The van der Waals surface area contributed by atoms with Crippen molar-refractivity contribution in [2.75, 3.05) is 44.8 Å². The Hall–Kier alpha value is -1.73. The molecule has 1 fully saturated rings. The molecule has 0 saturated carbocycles. The highest BCUT2D eigenvalue weighted by molar-refractivity contribution is 7.16. The van der Waals surface area contributed by atoms with Crippen molar-refractivity contribution < 1.29 is 9.53 Å². The van der Waals surface area contributed by atoms with Gasteiger partial charge in [-0.3, -0.25) is 4.79 Å². The molecular formula is C13H16N4O2S. The number of likely N-dealkylation sites (N-methyl/N-ethyl adjacent to an activating group) is 1. The summed E-state index contributed by atoms with van der Waals surface area (Å²) in [5, 5.41) is 2.98. The van der Waals surface area contributed by atoms with E-state index in [2.05, 4.69) is 9.97 Å². The maximum Gasteiger partial charge on any atom is 0.242 e. The van der Waals surface area contributed by atoms with E-state index in [-0.39, 0.29) is 5.91 Å². The predicted octanol–water partition coefficient (Wildman–Crippen LogP) is 0.986. The second kappa shape index (κ2) is 5.72. The van der Waals surface area contributed by atoms with Crippen molar-refractivity contribution in [1.82, 2.24) is 14.9 Å². The van der Waals surface area contributed by atoms with Gasteiger partial charge in [0.25, 0.3) is 0 Å². The number of amides is 1. The molecule has 0 bridgehead atoms. The van der Waals surface area contributed by atoms with Crippen molar-refractivity contribution >= 4 is 33.3 Å². The van der Waals surface area contributed by atoms with Gasteiger partial charge in [0.2, 0.25) is 5.91 Å². The van der Waals surface area contributed by atoms with Crippen LogP contribution in [0.25, 0.3) is 10.2 Å². The van der Waals surface area contributed by atoms with Crippen LogP contribution in [0.1, 0.15) is 0 Å². The average Bonchev–Trinajstić information content (AvgIpc) is 2.96. The van der Waals surface area contributed by atoms with Crippen LogP contribution in [0.4, 0.5) is 5.82 Å². The Morgan fingerprint density at radius 1 is 1.45 bits per heavy atom. The molecule has 0 aromatic carbocycles. The van der Waals surface area contributed by atoms with E-state index >= 15 is 0 Å². The number of aromatic nitrogens is 2. The topological polar surface area (TPSA) is 58.6 Å². The third kappa shape index (κ3) is 2.59. The summed E-state index contributed by atoms with van der Waals surface area (Å²) in [6.07, 6.45) is 1.55. The number of anilines is 1. The van der Waals surface area contributed by atoms with Gasteiger partial charge in [-0.05, 0) is 11.4 Å². The molecule has 1 aliphatic heterocycles. The number of rotatable bonds is 3. The van der Waals surface area contributed by atoms with E-state index in [0.29, 0.717) is 32.8 Å². The second-order valence-electron chi connectivity index (χ2n) is 4.69. The van der Waals surface area contributed by atoms with Crippen molar-refractivity contribution in [3.63, 3.8) is 0 Å². The SMILES string of the molecule is CN(CC(=O)N1CCOCC1)c1ncnc2sccc12. The fraction of sp³-hybridized carbons (Fsp3) is 0.462. The summed E-state index contributed by atoms with van der Waals surface area (Å²) >= 11 is 1.58. The molecule has 2 aromatic rings. The smallest absolute Gasteiger partial charge is 0.242 e. The maximum atomic E-state index is 12.2. The Balaban J connectivity index is 1.73. The van der Waals surface area contributed by atoms with E-state index in [0.717, 1.165) is 16.0 Å². The zero-order valence-corrected chi connectivity index (χ0v) is 12.1. The fourth-order valence-electron chi connectivity index (χ4n) is 2.27. The minimum atomic E-state index is 0.109. The van der Waals surface area contributed by atoms with Crippen LogP contribution >= 0.6 is 11.3 Å². The van der Waals surface area contributed by atoms with E-state index < -0.39 is 0 Å². The number of hydrogen-bond donors (Lipinski definition) is 0. The Morgan fingerprint density at radius 2 is 2.25 bits per heavy atom. The fourth-order valence-corrected chi connectivity index (χ4v) is 3.00. The highest BCUT2D eigenvalue weighted by Gasteiger charge is 2.19. The van der Waals surface area contributed by atoms with Gasteiger partial charge in [-0.2, -0.15) is 0 Å². The van der Waals surface area contributed by atoms with Gasteiger partial charge in [-0.25, -0.2) is 9.97 Å². The maximum absolute atomic E-state index is 12.2. The van der Waals surface area contributed by atoms with Crippen LogP contribution in [0.2, 0.25) is 0 Å². The number of carbonyl (C=O) groups excluding carboxylic acids is 1. The average molecular weight is 292 g/mol. The molecule has 1 amide bonds. The number of nitrogens with zero attached hydrogens (tertiary/aromatic N) is 4. The predicted molar refractivity (Wildman–Crippen MR) is 78.1 cm³/mol. The van der Waals surface area contributed by atoms with Gasteiger partial charge in [0.1, 0.15) is 17.0 Å². The van der Waals surface area contributed by atoms with Crippen LogP contribution in [-0.2, 0) is 9.53 Å². The molecule has 0 N–H and O–H groups in total. The van der Waals surface area contributed by atoms with E-state index in [1.54, 1.807) is 17.7 Å². The van der Waals surface area contributed by atoms with Gasteiger partial charge >= 0.3 is 0 Å². The van der Waals surface area contributed by atoms with Gasteiger partial charge in [0, 0.05) is 20.1 Å². The van der Waals surface area contributed by atoms with Crippen LogP contribution in [0, 0.1) is 0 Å². The third-order valence-electron chi connectivity index (χ3n) is 3.34. The number of morpholine rings is 1. The van der Waals surface area contributed by atoms with Crippen LogP contribution in [0.15, 0.2) is 17.8 Å². The van der Waals surface area contributed by atoms with Gasteiger partial charge in [0.15, 0.2) is 0 Å². The first-order valence-corrected chi connectivity index (χ1v) is 7.38. The molecule has 0 unspecified atom stereocenters. The molecule has 0 atom stereocenters. The van der Waals surface area contributed by atoms with Crippen molar-refractivity contribution in [2.24, 2.45) is 0 Å². The molecule has 20 heavy (non-hydrogen) atoms. The largest absolute Gasteiger partial charge is 0.378 e. The van der Waals surface area contributed by atoms with E-state index in [1.165, 1.54) is 0 Å². The second-order valence-corrected chi connectivity index (χ2v) is 5.58. The van der Waals surface area contributed by atoms with E-state index in [1.807, 2.05) is 28.3 Å². The summed E-state index contributed by atoms with van der Waals surface area (Å²) in [5.41, 5.74) is 0. The van der Waals surface area contributed by atoms with Gasteiger partial charge in [-0.1, -0.05) is 0 Å². The molecular weight excluding hydrogens is 276 g/mol. The number of ether oxygens (including phenoxy) is 1. The standard InChI is InChI=1S/C13H16N4O2S/c1-16(8-11(18)17-3-5-19-6-4-17)12-10-2-7-20-13(10)15-9-14-12/h2,7,9H,3-6,8H2,1H3. The van der Waals surface area contributed by atoms with Crippen LogP contribution in [-0.4, -0.2) is 60.7 Å². The van der Waals surface area contributed by atoms with Crippen LogP contribution in [0.3, 0.4) is 0 Å². The molecule has 7 heteroatoms. The summed E-state index contributed by atoms with van der Waals surface area (Å²) in [6.45, 7) is 2.91. The lowest BCUT2D eigenvalue weighted by Crippen LogP contribution is -2.45. The molecule has 106 valence electrons. The number of fused-ring (bicyclic) bond motifs is 1. The lowest BCUT2D eigenvalue weighted by molar-refractivity contribution is -0.133. The molecule has 0 aliphatic carbocycles. The molecule has 0 spiro atoms. The highest BCUT2D eigenvalue weighted by Crippen LogP contribution is 2.25. The van der Waals surface area contributed by atoms with Gasteiger partial charge in [-0.15, -0.1) is 11.3 Å². The summed E-state index contributed by atoms with van der Waals surface area (Å²) < 4.78 is 5.26. The van der Waals surface area contributed by atoms with Crippen molar-refractivity contribution in [3.05, 3.63) is 17.8 Å². The first-order chi connectivity index (χ1) is 9.75. The Morgan fingerprint density at radius 3 is 3.05 bits per heavy atom. The Labute approximate surface area is 121 Å². The highest BCUT2D eigenvalue weighted by atomic mass is 32.1. The monoisotopic (exact) mass is 292 g/mol. The first-order valence-electron chi connectivity index (χ1n) is 6.50. The van der Waals surface area contributed by atoms with Crippen molar-refractivity contribution in [3.8, 4) is 0 Å². The lowest BCUT2D eigenvalue weighted by atomic mass is 10.3. The Bertz CT molecular complexity index is 609. The summed E-state index contributed by atoms with van der Waals surface area (Å²) in [4.78, 5) is 25.4. The molecule has 2 aromatic heterocycles. The summed E-state index contributed by atoms with van der Waals surface area (Å²) in [5.74, 6) is 0.913. The van der Waals surface area contributed by atoms with Crippen molar-refractivity contribution in [2.45, 2.75) is 0 Å². The zero-order chi connectivity index (χ0) is 13.9. The van der Waals surface area contributed by atoms with Gasteiger partial charge < -0.3 is 14.5 Å². The Kier molecular flexibility index (Phi) is 3.79. The molecule has 3 rings (SSSR count). The molecule has 3 heterocycles. The third-order valence-corrected chi connectivity index (χ3v) is 4.16. The zero-order valence-electron chi connectivity index (χ0n) is 11.3. The van der Waals surface area contributed by atoms with E-state index in [9.17, 15) is 4.79 Å². The summed E-state index contributed by atoms with van der Waals surface area (Å²) in [6, 6.07) is 1.99. The van der Waals surface area contributed by atoms with Gasteiger partial charge in [0.05, 0.1) is 25.1 Å². The minimum Gasteiger partial charge on any atom is -0.378 e. The first kappa shape index (κ1) is 13.3. The number of thiophene rings is 1. The van der Waals surface area contributed by atoms with E-state index in [4.69, 9.17) is 4.74 Å². The minimum absolute atomic E-state index is 0.109. The normalized spacial score (nSPS) is 15.6. The number of hydrogen-bond acceptors (Lipinski definition) is 6.